The number of hydrogen-bond donors (Lipinski definition) is 1. The third-order valence-electron chi connectivity index (χ3n) is 3.37. The van der Waals surface area contributed by atoms with Crippen LogP contribution in [0.3, 0.4) is 0 Å². The van der Waals surface area contributed by atoms with Gasteiger partial charge in [0.1, 0.15) is 11.6 Å². The molecule has 118 valence electrons. The van der Waals surface area contributed by atoms with Crippen molar-refractivity contribution >= 4 is 16.7 Å². The molecule has 0 fully saturated rings. The van der Waals surface area contributed by atoms with Gasteiger partial charge in [-0.2, -0.15) is 0 Å². The Balaban J connectivity index is 1.93. The Hall–Kier alpha value is -2.89. The molecule has 2 aromatic carbocycles. The van der Waals surface area contributed by atoms with Crippen LogP contribution >= 0.6 is 0 Å². The molecule has 0 unspecified atom stereocenters. The predicted molar refractivity (Wildman–Crippen MR) is 88.5 cm³/mol. The number of aromatic nitrogens is 2. The molecule has 0 aliphatic heterocycles. The molecule has 0 bridgehead atoms. The van der Waals surface area contributed by atoms with E-state index in [2.05, 4.69) is 23.8 Å². The number of nitro benzene ring substituents is 1. The Bertz CT molecular complexity index is 855. The van der Waals surface area contributed by atoms with Crippen LogP contribution in [-0.2, 0) is 0 Å². The number of hydrogen-bond acceptors (Lipinski definition) is 4. The van der Waals surface area contributed by atoms with Gasteiger partial charge in [-0.25, -0.2) is 4.98 Å². The van der Waals surface area contributed by atoms with Crippen molar-refractivity contribution in [2.45, 2.75) is 13.8 Å². The minimum Gasteiger partial charge on any atom is -0.493 e. The molecule has 23 heavy (non-hydrogen) atoms. The Labute approximate surface area is 133 Å². The highest BCUT2D eigenvalue weighted by Crippen LogP contribution is 2.26. The molecule has 6 nitrogen and oxygen atoms in total. The normalized spacial score (nSPS) is 11.1. The Morgan fingerprint density at radius 2 is 2.09 bits per heavy atom. The van der Waals surface area contributed by atoms with Gasteiger partial charge in [-0.3, -0.25) is 10.1 Å². The van der Waals surface area contributed by atoms with Gasteiger partial charge in [0.2, 0.25) is 0 Å². The minimum absolute atomic E-state index is 0.0433. The van der Waals surface area contributed by atoms with E-state index in [0.29, 0.717) is 29.4 Å². The lowest BCUT2D eigenvalue weighted by molar-refractivity contribution is -0.384. The molecule has 0 amide bonds. The first-order valence-electron chi connectivity index (χ1n) is 7.40. The number of non-ortho nitro benzene ring substituents is 1. The lowest BCUT2D eigenvalue weighted by Gasteiger charge is -2.09. The molecule has 1 heterocycles. The van der Waals surface area contributed by atoms with Crippen molar-refractivity contribution in [3.05, 3.63) is 52.6 Å². The number of imidazole rings is 1. The summed E-state index contributed by atoms with van der Waals surface area (Å²) in [6, 6.07) is 12.2. The van der Waals surface area contributed by atoms with E-state index in [0.717, 1.165) is 11.3 Å². The summed E-state index contributed by atoms with van der Waals surface area (Å²) >= 11 is 0. The SMILES string of the molecule is CC(C)COc1cccc(-c2nc3ccc([N+](=O)[O-])cc3[nH]2)c1. The third-order valence-corrected chi connectivity index (χ3v) is 3.37. The van der Waals surface area contributed by atoms with Gasteiger partial charge >= 0.3 is 0 Å². The van der Waals surface area contributed by atoms with Crippen molar-refractivity contribution in [2.75, 3.05) is 6.61 Å². The summed E-state index contributed by atoms with van der Waals surface area (Å²) in [4.78, 5) is 18.0. The lowest BCUT2D eigenvalue weighted by atomic mass is 10.2. The van der Waals surface area contributed by atoms with Crippen LogP contribution in [-0.4, -0.2) is 21.5 Å². The van der Waals surface area contributed by atoms with E-state index < -0.39 is 4.92 Å². The van der Waals surface area contributed by atoms with E-state index in [1.807, 2.05) is 24.3 Å². The number of rotatable bonds is 5. The maximum atomic E-state index is 10.8. The molecule has 3 aromatic rings. The average molecular weight is 311 g/mol. The van der Waals surface area contributed by atoms with Gasteiger partial charge < -0.3 is 9.72 Å². The van der Waals surface area contributed by atoms with E-state index in [-0.39, 0.29) is 5.69 Å². The number of nitrogens with zero attached hydrogens (tertiary/aromatic N) is 2. The quantitative estimate of drug-likeness (QED) is 0.566. The fourth-order valence-electron chi connectivity index (χ4n) is 2.24. The van der Waals surface area contributed by atoms with E-state index in [1.54, 1.807) is 6.07 Å². The van der Waals surface area contributed by atoms with Gasteiger partial charge in [-0.1, -0.05) is 26.0 Å². The summed E-state index contributed by atoms with van der Waals surface area (Å²) in [7, 11) is 0. The van der Waals surface area contributed by atoms with Crippen molar-refractivity contribution in [3.63, 3.8) is 0 Å². The highest BCUT2D eigenvalue weighted by molar-refractivity contribution is 5.81. The summed E-state index contributed by atoms with van der Waals surface area (Å²) in [5, 5.41) is 10.8. The summed E-state index contributed by atoms with van der Waals surface area (Å²) in [6.07, 6.45) is 0. The second kappa shape index (κ2) is 6.08. The monoisotopic (exact) mass is 311 g/mol. The molecule has 0 radical (unpaired) electrons. The van der Waals surface area contributed by atoms with Crippen LogP contribution in [0.5, 0.6) is 5.75 Å². The smallest absolute Gasteiger partial charge is 0.271 e. The molecule has 0 atom stereocenters. The fraction of sp³-hybridized carbons (Fsp3) is 0.235. The van der Waals surface area contributed by atoms with Crippen molar-refractivity contribution in [3.8, 4) is 17.1 Å². The van der Waals surface area contributed by atoms with Crippen LogP contribution in [0, 0.1) is 16.0 Å². The van der Waals surface area contributed by atoms with E-state index in [1.165, 1.54) is 12.1 Å². The molecule has 1 N–H and O–H groups in total. The highest BCUT2D eigenvalue weighted by atomic mass is 16.6. The first-order valence-corrected chi connectivity index (χ1v) is 7.40. The largest absolute Gasteiger partial charge is 0.493 e. The van der Waals surface area contributed by atoms with Gasteiger partial charge in [-0.05, 0) is 24.1 Å². The van der Waals surface area contributed by atoms with E-state index in [4.69, 9.17) is 4.74 Å². The summed E-state index contributed by atoms with van der Waals surface area (Å²) in [5.74, 6) is 1.89. The summed E-state index contributed by atoms with van der Waals surface area (Å²) in [5.41, 5.74) is 2.26. The van der Waals surface area contributed by atoms with Crippen LogP contribution in [0.2, 0.25) is 0 Å². The number of H-pyrrole nitrogens is 1. The number of benzene rings is 2. The van der Waals surface area contributed by atoms with Gasteiger partial charge in [0.25, 0.3) is 5.69 Å². The van der Waals surface area contributed by atoms with Crippen molar-refractivity contribution in [1.82, 2.24) is 9.97 Å². The molecule has 0 spiro atoms. The summed E-state index contributed by atoms with van der Waals surface area (Å²) < 4.78 is 5.72. The highest BCUT2D eigenvalue weighted by Gasteiger charge is 2.11. The van der Waals surface area contributed by atoms with Crippen molar-refractivity contribution in [2.24, 2.45) is 5.92 Å². The van der Waals surface area contributed by atoms with Crippen LogP contribution in [0.4, 0.5) is 5.69 Å². The predicted octanol–water partition coefficient (Wildman–Crippen LogP) is 4.17. The van der Waals surface area contributed by atoms with Crippen LogP contribution < -0.4 is 4.74 Å². The zero-order valence-electron chi connectivity index (χ0n) is 12.9. The van der Waals surface area contributed by atoms with Crippen LogP contribution in [0.1, 0.15) is 13.8 Å². The molecular formula is C17H17N3O3. The first kappa shape index (κ1) is 15.0. The second-order valence-electron chi connectivity index (χ2n) is 5.78. The minimum atomic E-state index is -0.416. The van der Waals surface area contributed by atoms with E-state index >= 15 is 0 Å². The van der Waals surface area contributed by atoms with E-state index in [9.17, 15) is 10.1 Å². The molecule has 0 aliphatic rings. The molecule has 6 heteroatoms. The lowest BCUT2D eigenvalue weighted by Crippen LogP contribution is -2.04. The third kappa shape index (κ3) is 3.31. The number of fused-ring (bicyclic) bond motifs is 1. The maximum absolute atomic E-state index is 10.8. The molecule has 0 aliphatic carbocycles. The Morgan fingerprint density at radius 3 is 2.83 bits per heavy atom. The van der Waals surface area contributed by atoms with Gasteiger partial charge in [0.15, 0.2) is 0 Å². The Morgan fingerprint density at radius 1 is 1.26 bits per heavy atom. The molecule has 0 saturated carbocycles. The van der Waals surface area contributed by atoms with Gasteiger partial charge in [0.05, 0.1) is 22.6 Å². The zero-order valence-corrected chi connectivity index (χ0v) is 12.9. The molecule has 3 rings (SSSR count). The second-order valence-corrected chi connectivity index (χ2v) is 5.78. The molecular weight excluding hydrogens is 294 g/mol. The first-order chi connectivity index (χ1) is 11.0. The average Bonchev–Trinajstić information content (AvgIpc) is 2.96. The Kier molecular flexibility index (Phi) is 3.97. The molecule has 1 aromatic heterocycles. The zero-order chi connectivity index (χ0) is 16.4. The fourth-order valence-corrected chi connectivity index (χ4v) is 2.24. The van der Waals surface area contributed by atoms with Crippen molar-refractivity contribution < 1.29 is 9.66 Å². The maximum Gasteiger partial charge on any atom is 0.271 e. The topological polar surface area (TPSA) is 81.1 Å². The molecule has 0 saturated heterocycles. The number of ether oxygens (including phenoxy) is 1. The van der Waals surface area contributed by atoms with Crippen molar-refractivity contribution in [1.29, 1.82) is 0 Å². The van der Waals surface area contributed by atoms with Crippen LogP contribution in [0.25, 0.3) is 22.4 Å². The summed E-state index contributed by atoms with van der Waals surface area (Å²) in [6.45, 7) is 4.84. The van der Waals surface area contributed by atoms with Crippen LogP contribution in [0.15, 0.2) is 42.5 Å². The number of nitrogens with one attached hydrogen (secondary N) is 1. The number of aromatic amines is 1. The number of nitro groups is 1. The standard InChI is InChI=1S/C17H17N3O3/c1-11(2)10-23-14-5-3-4-12(8-14)17-18-15-7-6-13(20(21)22)9-16(15)19-17/h3-9,11H,10H2,1-2H3,(H,18,19). The van der Waals surface area contributed by atoms with Gasteiger partial charge in [-0.15, -0.1) is 0 Å². The van der Waals surface area contributed by atoms with Gasteiger partial charge in [0, 0.05) is 17.7 Å².